The van der Waals surface area contributed by atoms with Gasteiger partial charge in [0, 0.05) is 18.7 Å². The van der Waals surface area contributed by atoms with Gasteiger partial charge in [-0.15, -0.1) is 0 Å². The number of likely N-dealkylation sites (tertiary alicyclic amines) is 1. The normalized spacial score (nSPS) is 17.6. The highest BCUT2D eigenvalue weighted by Gasteiger charge is 2.34. The highest BCUT2D eigenvalue weighted by molar-refractivity contribution is 5.99. The monoisotopic (exact) mass is 292 g/mol. The van der Waals surface area contributed by atoms with Gasteiger partial charge in [0.15, 0.2) is 0 Å². The van der Waals surface area contributed by atoms with Gasteiger partial charge >= 0.3 is 5.97 Å². The molecular formula is C14H16N2O5. The van der Waals surface area contributed by atoms with E-state index < -0.39 is 10.8 Å². The largest absolute Gasteiger partial charge is 0.469 e. The Kier molecular flexibility index (Phi) is 4.21. The van der Waals surface area contributed by atoms with Gasteiger partial charge in [0.2, 0.25) is 0 Å². The minimum absolute atomic E-state index is 0.0607. The molecule has 21 heavy (non-hydrogen) atoms. The molecule has 1 aromatic carbocycles. The first-order chi connectivity index (χ1) is 9.95. The van der Waals surface area contributed by atoms with Crippen molar-refractivity contribution in [3.8, 4) is 0 Å². The SMILES string of the molecule is COC(=O)C1CCN(C(=O)c2cccc(C)c2[N+](=O)[O-])C1. The summed E-state index contributed by atoms with van der Waals surface area (Å²) in [6.07, 6.45) is 0.512. The second kappa shape index (κ2) is 5.90. The van der Waals surface area contributed by atoms with E-state index in [1.54, 1.807) is 19.1 Å². The molecule has 2 rings (SSSR count). The van der Waals surface area contributed by atoms with Gasteiger partial charge < -0.3 is 9.64 Å². The van der Waals surface area contributed by atoms with Crippen LogP contribution in [0.2, 0.25) is 0 Å². The van der Waals surface area contributed by atoms with Crippen LogP contribution in [0, 0.1) is 23.0 Å². The second-order valence-corrected chi connectivity index (χ2v) is 4.99. The Morgan fingerprint density at radius 1 is 1.43 bits per heavy atom. The van der Waals surface area contributed by atoms with Crippen LogP contribution < -0.4 is 0 Å². The van der Waals surface area contributed by atoms with Crippen molar-refractivity contribution in [2.45, 2.75) is 13.3 Å². The van der Waals surface area contributed by atoms with Crippen LogP contribution >= 0.6 is 0 Å². The zero-order valence-electron chi connectivity index (χ0n) is 11.9. The predicted molar refractivity (Wildman–Crippen MR) is 73.9 cm³/mol. The van der Waals surface area contributed by atoms with E-state index in [-0.39, 0.29) is 29.7 Å². The van der Waals surface area contributed by atoms with E-state index in [9.17, 15) is 19.7 Å². The van der Waals surface area contributed by atoms with Crippen LogP contribution in [0.4, 0.5) is 5.69 Å². The van der Waals surface area contributed by atoms with E-state index in [1.807, 2.05) is 0 Å². The number of benzene rings is 1. The fraction of sp³-hybridized carbons (Fsp3) is 0.429. The topological polar surface area (TPSA) is 89.8 Å². The fourth-order valence-corrected chi connectivity index (χ4v) is 2.55. The Morgan fingerprint density at radius 3 is 2.76 bits per heavy atom. The van der Waals surface area contributed by atoms with Crippen LogP contribution in [0.5, 0.6) is 0 Å². The summed E-state index contributed by atoms with van der Waals surface area (Å²) >= 11 is 0. The van der Waals surface area contributed by atoms with Crippen molar-refractivity contribution < 1.29 is 19.2 Å². The molecule has 0 aliphatic carbocycles. The number of nitro groups is 1. The molecule has 1 aliphatic heterocycles. The number of amides is 1. The molecule has 1 aliphatic rings. The Balaban J connectivity index is 2.24. The maximum atomic E-state index is 12.5. The summed E-state index contributed by atoms with van der Waals surface area (Å²) < 4.78 is 4.66. The van der Waals surface area contributed by atoms with Gasteiger partial charge in [-0.2, -0.15) is 0 Å². The quantitative estimate of drug-likeness (QED) is 0.479. The average molecular weight is 292 g/mol. The Morgan fingerprint density at radius 2 is 2.14 bits per heavy atom. The molecule has 1 fully saturated rings. The number of esters is 1. The summed E-state index contributed by atoms with van der Waals surface area (Å²) in [7, 11) is 1.30. The van der Waals surface area contributed by atoms with E-state index in [2.05, 4.69) is 4.74 Å². The number of nitro benzene ring substituents is 1. The molecule has 1 amide bonds. The Labute approximate surface area is 121 Å². The molecule has 7 nitrogen and oxygen atoms in total. The molecule has 0 N–H and O–H groups in total. The third-order valence-electron chi connectivity index (χ3n) is 3.66. The van der Waals surface area contributed by atoms with Crippen molar-refractivity contribution in [1.82, 2.24) is 4.90 Å². The molecule has 1 heterocycles. The molecule has 0 saturated carbocycles. The van der Waals surface area contributed by atoms with Crippen molar-refractivity contribution >= 4 is 17.6 Å². The van der Waals surface area contributed by atoms with Crippen LogP contribution in [0.3, 0.4) is 0 Å². The zero-order valence-corrected chi connectivity index (χ0v) is 11.9. The van der Waals surface area contributed by atoms with E-state index in [1.165, 1.54) is 18.1 Å². The molecular weight excluding hydrogens is 276 g/mol. The summed E-state index contributed by atoms with van der Waals surface area (Å²) in [4.78, 5) is 36.0. The van der Waals surface area contributed by atoms with Crippen molar-refractivity contribution in [3.05, 3.63) is 39.4 Å². The number of rotatable bonds is 3. The number of aryl methyl sites for hydroxylation is 1. The molecule has 1 unspecified atom stereocenters. The summed E-state index contributed by atoms with van der Waals surface area (Å²) in [6, 6.07) is 4.65. The highest BCUT2D eigenvalue weighted by Crippen LogP contribution is 2.27. The van der Waals surface area contributed by atoms with Crippen LogP contribution in [0.25, 0.3) is 0 Å². The lowest BCUT2D eigenvalue weighted by atomic mass is 10.1. The molecule has 1 atom stereocenters. The van der Waals surface area contributed by atoms with E-state index in [4.69, 9.17) is 0 Å². The molecule has 1 aromatic rings. The van der Waals surface area contributed by atoms with Gasteiger partial charge in [0.25, 0.3) is 11.6 Å². The van der Waals surface area contributed by atoms with E-state index in [0.717, 1.165) is 0 Å². The first-order valence-electron chi connectivity index (χ1n) is 6.56. The van der Waals surface area contributed by atoms with Crippen molar-refractivity contribution in [2.75, 3.05) is 20.2 Å². The summed E-state index contributed by atoms with van der Waals surface area (Å²) in [5.74, 6) is -1.14. The number of methoxy groups -OCH3 is 1. The Bertz CT molecular complexity index is 599. The van der Waals surface area contributed by atoms with Gasteiger partial charge in [0.05, 0.1) is 18.0 Å². The number of carbonyl (C=O) groups excluding carboxylic acids is 2. The lowest BCUT2D eigenvalue weighted by molar-refractivity contribution is -0.385. The lowest BCUT2D eigenvalue weighted by Gasteiger charge is -2.16. The summed E-state index contributed by atoms with van der Waals surface area (Å²) in [5.41, 5.74) is 0.323. The van der Waals surface area contributed by atoms with Gasteiger partial charge in [-0.05, 0) is 19.4 Å². The maximum absolute atomic E-state index is 12.5. The standard InChI is InChI=1S/C14H16N2O5/c1-9-4-3-5-11(12(9)16(19)20)13(17)15-7-6-10(8-15)14(18)21-2/h3-5,10H,6-8H2,1-2H3. The molecule has 7 heteroatoms. The number of nitrogens with zero attached hydrogens (tertiary/aromatic N) is 2. The third kappa shape index (κ3) is 2.86. The zero-order chi connectivity index (χ0) is 15.6. The minimum atomic E-state index is -0.545. The number of carbonyl (C=O) groups is 2. The number of hydrogen-bond donors (Lipinski definition) is 0. The number of para-hydroxylation sites is 1. The van der Waals surface area contributed by atoms with Crippen molar-refractivity contribution in [2.24, 2.45) is 5.92 Å². The molecule has 0 bridgehead atoms. The molecule has 0 aromatic heterocycles. The first-order valence-corrected chi connectivity index (χ1v) is 6.56. The van der Waals surface area contributed by atoms with E-state index in [0.29, 0.717) is 18.5 Å². The predicted octanol–water partition coefficient (Wildman–Crippen LogP) is 1.54. The molecule has 112 valence electrons. The highest BCUT2D eigenvalue weighted by atomic mass is 16.6. The molecule has 0 spiro atoms. The molecule has 1 saturated heterocycles. The van der Waals surface area contributed by atoms with Gasteiger partial charge in [-0.25, -0.2) is 0 Å². The van der Waals surface area contributed by atoms with Gasteiger partial charge in [-0.3, -0.25) is 19.7 Å². The van der Waals surface area contributed by atoms with Crippen LogP contribution in [0.1, 0.15) is 22.3 Å². The fourth-order valence-electron chi connectivity index (χ4n) is 2.55. The number of hydrogen-bond acceptors (Lipinski definition) is 5. The van der Waals surface area contributed by atoms with Crippen molar-refractivity contribution in [1.29, 1.82) is 0 Å². The summed E-state index contributed by atoms with van der Waals surface area (Å²) in [6.45, 7) is 2.22. The second-order valence-electron chi connectivity index (χ2n) is 4.99. The van der Waals surface area contributed by atoms with Crippen LogP contribution in [-0.2, 0) is 9.53 Å². The third-order valence-corrected chi connectivity index (χ3v) is 3.66. The first kappa shape index (κ1) is 15.0. The van der Waals surface area contributed by atoms with Gasteiger partial charge in [0.1, 0.15) is 5.56 Å². The van der Waals surface area contributed by atoms with Gasteiger partial charge in [-0.1, -0.05) is 12.1 Å². The lowest BCUT2D eigenvalue weighted by Crippen LogP contribution is -2.30. The summed E-state index contributed by atoms with van der Waals surface area (Å²) in [5, 5.41) is 11.1. The smallest absolute Gasteiger partial charge is 0.310 e. The maximum Gasteiger partial charge on any atom is 0.310 e. The molecule has 0 radical (unpaired) electrons. The van der Waals surface area contributed by atoms with E-state index >= 15 is 0 Å². The Hall–Kier alpha value is -2.44. The minimum Gasteiger partial charge on any atom is -0.469 e. The average Bonchev–Trinajstić information content (AvgIpc) is 2.94. The van der Waals surface area contributed by atoms with Crippen molar-refractivity contribution in [3.63, 3.8) is 0 Å². The number of ether oxygens (including phenoxy) is 1. The van der Waals surface area contributed by atoms with Crippen LogP contribution in [0.15, 0.2) is 18.2 Å². The van der Waals surface area contributed by atoms with Crippen LogP contribution in [-0.4, -0.2) is 41.9 Å².